The molecule has 0 unspecified atom stereocenters. The molecule has 2 heterocycles. The summed E-state index contributed by atoms with van der Waals surface area (Å²) < 4.78 is 43.0. The monoisotopic (exact) mass is 339 g/mol. The third kappa shape index (κ3) is 3.91. The summed E-state index contributed by atoms with van der Waals surface area (Å²) in [5.74, 6) is -0.197. The van der Waals surface area contributed by atoms with Crippen LogP contribution in [0.1, 0.15) is 17.3 Å². The number of aryl methyl sites for hydroxylation is 1. The van der Waals surface area contributed by atoms with Gasteiger partial charge in [-0.05, 0) is 29.8 Å². The minimum Gasteiger partial charge on any atom is -0.406 e. The van der Waals surface area contributed by atoms with Gasteiger partial charge in [0.15, 0.2) is 0 Å². The highest BCUT2D eigenvalue weighted by molar-refractivity contribution is 5.34. The van der Waals surface area contributed by atoms with Gasteiger partial charge in [0.05, 0.1) is 6.04 Å². The summed E-state index contributed by atoms with van der Waals surface area (Å²) in [6, 6.07) is 10.2. The lowest BCUT2D eigenvalue weighted by molar-refractivity contribution is -0.274. The number of hydrogen-bond donors (Lipinski definition) is 1. The Labute approximate surface area is 138 Å². The van der Waals surface area contributed by atoms with Gasteiger partial charge in [-0.25, -0.2) is 0 Å². The highest BCUT2D eigenvalue weighted by Crippen LogP contribution is 2.31. The van der Waals surface area contributed by atoms with Crippen molar-refractivity contribution in [1.29, 1.82) is 0 Å². The highest BCUT2D eigenvalue weighted by atomic mass is 19.4. The third-order valence-electron chi connectivity index (χ3n) is 4.21. The molecule has 4 nitrogen and oxygen atoms in total. The molecule has 0 amide bonds. The number of benzene rings is 1. The number of nitrogens with one attached hydrogen (secondary N) is 1. The zero-order chi connectivity index (χ0) is 17.2. The Kier molecular flexibility index (Phi) is 4.82. The third-order valence-corrected chi connectivity index (χ3v) is 4.21. The van der Waals surface area contributed by atoms with Gasteiger partial charge in [-0.2, -0.15) is 0 Å². The first-order chi connectivity index (χ1) is 11.4. The van der Waals surface area contributed by atoms with E-state index in [0.717, 1.165) is 37.4 Å². The van der Waals surface area contributed by atoms with Crippen molar-refractivity contribution in [3.05, 3.63) is 53.9 Å². The molecule has 0 saturated carbocycles. The molecule has 0 bridgehead atoms. The molecule has 7 heteroatoms. The molecule has 3 rings (SSSR count). The summed E-state index contributed by atoms with van der Waals surface area (Å²) in [5, 5.41) is 3.32. The average Bonchev–Trinajstić information content (AvgIpc) is 2.95. The van der Waals surface area contributed by atoms with Crippen LogP contribution in [0.3, 0.4) is 0 Å². The van der Waals surface area contributed by atoms with E-state index in [-0.39, 0.29) is 11.8 Å². The Morgan fingerprint density at radius 1 is 1.08 bits per heavy atom. The van der Waals surface area contributed by atoms with E-state index in [1.54, 1.807) is 12.1 Å². The predicted molar refractivity (Wildman–Crippen MR) is 84.8 cm³/mol. The summed E-state index contributed by atoms with van der Waals surface area (Å²) in [7, 11) is 1.98. The Balaban J connectivity index is 1.89. The predicted octanol–water partition coefficient (Wildman–Crippen LogP) is 2.92. The van der Waals surface area contributed by atoms with Crippen LogP contribution in [0, 0.1) is 0 Å². The second-order valence-corrected chi connectivity index (χ2v) is 5.85. The van der Waals surface area contributed by atoms with E-state index in [1.165, 1.54) is 12.1 Å². The topological polar surface area (TPSA) is 29.4 Å². The van der Waals surface area contributed by atoms with Crippen LogP contribution in [0.2, 0.25) is 0 Å². The van der Waals surface area contributed by atoms with E-state index in [0.29, 0.717) is 0 Å². The minimum absolute atomic E-state index is 0.00652. The standard InChI is InChI=1S/C17H20F3N3O/c1-22-10-2-3-15(22)16(23-11-8-21-9-12-23)13-4-6-14(7-5-13)24-17(18,19)20/h2-7,10,16,21H,8-9,11-12H2,1H3/t16-/m1/s1. The van der Waals surface area contributed by atoms with Crippen LogP contribution in [0.5, 0.6) is 5.75 Å². The van der Waals surface area contributed by atoms with E-state index in [2.05, 4.69) is 15.0 Å². The SMILES string of the molecule is Cn1cccc1[C@@H](c1ccc(OC(F)(F)F)cc1)N1CCNCC1. The van der Waals surface area contributed by atoms with Crippen molar-refractivity contribution in [1.82, 2.24) is 14.8 Å². The van der Waals surface area contributed by atoms with Crippen molar-refractivity contribution in [2.45, 2.75) is 12.4 Å². The van der Waals surface area contributed by atoms with Crippen LogP contribution in [-0.4, -0.2) is 42.0 Å². The summed E-state index contributed by atoms with van der Waals surface area (Å²) in [5.41, 5.74) is 2.06. The first-order valence-corrected chi connectivity index (χ1v) is 7.86. The van der Waals surface area contributed by atoms with Crippen LogP contribution in [0.4, 0.5) is 13.2 Å². The molecule has 1 saturated heterocycles. The van der Waals surface area contributed by atoms with Gasteiger partial charge in [0, 0.05) is 45.1 Å². The number of aromatic nitrogens is 1. The highest BCUT2D eigenvalue weighted by Gasteiger charge is 2.31. The van der Waals surface area contributed by atoms with Gasteiger partial charge in [-0.3, -0.25) is 4.90 Å². The molecule has 2 aromatic rings. The van der Waals surface area contributed by atoms with Crippen molar-refractivity contribution in [3.63, 3.8) is 0 Å². The van der Waals surface area contributed by atoms with Crippen LogP contribution in [0.15, 0.2) is 42.6 Å². The summed E-state index contributed by atoms with van der Waals surface area (Å²) in [6.07, 6.45) is -2.69. The van der Waals surface area contributed by atoms with Gasteiger partial charge in [-0.1, -0.05) is 12.1 Å². The smallest absolute Gasteiger partial charge is 0.406 e. The zero-order valence-corrected chi connectivity index (χ0v) is 13.4. The van der Waals surface area contributed by atoms with Crippen molar-refractivity contribution in [2.24, 2.45) is 7.05 Å². The number of halogens is 3. The van der Waals surface area contributed by atoms with Gasteiger partial charge in [0.2, 0.25) is 0 Å². The maximum atomic E-state index is 12.3. The quantitative estimate of drug-likeness (QED) is 0.929. The van der Waals surface area contributed by atoms with Gasteiger partial charge in [-0.15, -0.1) is 13.2 Å². The summed E-state index contributed by atoms with van der Waals surface area (Å²) in [4.78, 5) is 2.34. The maximum absolute atomic E-state index is 12.3. The van der Waals surface area contributed by atoms with Gasteiger partial charge < -0.3 is 14.6 Å². The van der Waals surface area contributed by atoms with Crippen LogP contribution in [-0.2, 0) is 7.05 Å². The molecule has 24 heavy (non-hydrogen) atoms. The molecule has 1 atom stereocenters. The normalized spacial score (nSPS) is 17.7. The Hall–Kier alpha value is -1.99. The second-order valence-electron chi connectivity index (χ2n) is 5.85. The first-order valence-electron chi connectivity index (χ1n) is 7.86. The number of alkyl halides is 3. The van der Waals surface area contributed by atoms with E-state index < -0.39 is 6.36 Å². The molecular formula is C17H20F3N3O. The van der Waals surface area contributed by atoms with Crippen LogP contribution >= 0.6 is 0 Å². The van der Waals surface area contributed by atoms with Crippen LogP contribution < -0.4 is 10.1 Å². The van der Waals surface area contributed by atoms with Crippen molar-refractivity contribution < 1.29 is 17.9 Å². The average molecular weight is 339 g/mol. The number of nitrogens with zero attached hydrogens (tertiary/aromatic N) is 2. The lowest BCUT2D eigenvalue weighted by atomic mass is 10.0. The molecule has 1 aliphatic rings. The molecule has 1 aliphatic heterocycles. The van der Waals surface area contributed by atoms with Crippen molar-refractivity contribution in [2.75, 3.05) is 26.2 Å². The van der Waals surface area contributed by atoms with Crippen LogP contribution in [0.25, 0.3) is 0 Å². The van der Waals surface area contributed by atoms with E-state index in [9.17, 15) is 13.2 Å². The molecule has 1 fully saturated rings. The molecule has 1 N–H and O–H groups in total. The molecular weight excluding hydrogens is 319 g/mol. The molecule has 1 aromatic heterocycles. The molecule has 0 radical (unpaired) electrons. The number of piperazine rings is 1. The van der Waals surface area contributed by atoms with E-state index >= 15 is 0 Å². The summed E-state index contributed by atoms with van der Waals surface area (Å²) >= 11 is 0. The Morgan fingerprint density at radius 2 is 1.75 bits per heavy atom. The number of hydrogen-bond acceptors (Lipinski definition) is 3. The van der Waals surface area contributed by atoms with E-state index in [1.807, 2.05) is 29.9 Å². The first kappa shape index (κ1) is 16.9. The van der Waals surface area contributed by atoms with E-state index in [4.69, 9.17) is 0 Å². The largest absolute Gasteiger partial charge is 0.573 e. The maximum Gasteiger partial charge on any atom is 0.573 e. The molecule has 0 spiro atoms. The lowest BCUT2D eigenvalue weighted by Crippen LogP contribution is -2.45. The molecule has 0 aliphatic carbocycles. The number of rotatable bonds is 4. The summed E-state index contributed by atoms with van der Waals surface area (Å²) in [6.45, 7) is 3.57. The number of ether oxygens (including phenoxy) is 1. The van der Waals surface area contributed by atoms with Gasteiger partial charge in [0.1, 0.15) is 5.75 Å². The second kappa shape index (κ2) is 6.86. The Morgan fingerprint density at radius 3 is 2.29 bits per heavy atom. The fourth-order valence-electron chi connectivity index (χ4n) is 3.12. The minimum atomic E-state index is -4.67. The van der Waals surface area contributed by atoms with Crippen molar-refractivity contribution in [3.8, 4) is 5.75 Å². The van der Waals surface area contributed by atoms with Gasteiger partial charge >= 0.3 is 6.36 Å². The fraction of sp³-hybridized carbons (Fsp3) is 0.412. The van der Waals surface area contributed by atoms with Gasteiger partial charge in [0.25, 0.3) is 0 Å². The molecule has 1 aromatic carbocycles. The lowest BCUT2D eigenvalue weighted by Gasteiger charge is -2.35. The van der Waals surface area contributed by atoms with Crippen molar-refractivity contribution >= 4 is 0 Å². The zero-order valence-electron chi connectivity index (χ0n) is 13.4. The Bertz CT molecular complexity index is 660. The molecule has 130 valence electrons. The fourth-order valence-corrected chi connectivity index (χ4v) is 3.12.